The highest BCUT2D eigenvalue weighted by Gasteiger charge is 2.15. The number of carbonyl (C=O) groups excluding carboxylic acids is 1. The van der Waals surface area contributed by atoms with Crippen LogP contribution in [0.5, 0.6) is 0 Å². The van der Waals surface area contributed by atoms with Crippen LogP contribution in [0.4, 0.5) is 0 Å². The summed E-state index contributed by atoms with van der Waals surface area (Å²) in [5, 5.41) is 2.80. The highest BCUT2D eigenvalue weighted by molar-refractivity contribution is 7.90. The average Bonchev–Trinajstić information content (AvgIpc) is 3.32. The second-order valence-corrected chi connectivity index (χ2v) is 9.37. The summed E-state index contributed by atoms with van der Waals surface area (Å²) in [7, 11) is -3.42. The Hall–Kier alpha value is -3.78. The minimum absolute atomic E-state index is 0.149. The summed E-state index contributed by atoms with van der Waals surface area (Å²) in [5.74, 6) is 0.174. The van der Waals surface area contributed by atoms with E-state index in [-0.39, 0.29) is 22.9 Å². The van der Waals surface area contributed by atoms with Crippen molar-refractivity contribution >= 4 is 15.7 Å². The van der Waals surface area contributed by atoms with E-state index in [1.165, 1.54) is 12.3 Å². The van der Waals surface area contributed by atoms with Crippen molar-refractivity contribution in [3.8, 4) is 22.6 Å². The first-order valence-electron chi connectivity index (χ1n) is 9.85. The quantitative estimate of drug-likeness (QED) is 0.478. The molecule has 8 heteroatoms. The lowest BCUT2D eigenvalue weighted by molar-refractivity contribution is 0.0950. The zero-order valence-corrected chi connectivity index (χ0v) is 18.4. The van der Waals surface area contributed by atoms with Crippen LogP contribution in [0.3, 0.4) is 0 Å². The molecule has 7 nitrogen and oxygen atoms in total. The van der Waals surface area contributed by atoms with Crippen LogP contribution in [0, 0.1) is 6.92 Å². The lowest BCUT2D eigenvalue weighted by Gasteiger charge is -2.09. The molecule has 1 amide bonds. The monoisotopic (exact) mass is 447 g/mol. The summed E-state index contributed by atoms with van der Waals surface area (Å²) in [5.41, 5.74) is 4.32. The second kappa shape index (κ2) is 8.76. The zero-order chi connectivity index (χ0) is 22.7. The molecule has 0 radical (unpaired) electrons. The topological polar surface area (TPSA) is 102 Å². The van der Waals surface area contributed by atoms with Crippen LogP contribution in [-0.2, 0) is 16.4 Å². The van der Waals surface area contributed by atoms with Gasteiger partial charge in [0.25, 0.3) is 5.91 Å². The fraction of sp³-hybridized carbons (Fsp3) is 0.125. The minimum atomic E-state index is -3.42. The minimum Gasteiger partial charge on any atom is -0.445 e. The first-order valence-corrected chi connectivity index (χ1v) is 11.7. The SMILES string of the molecule is Cc1ccc(C(=O)NCc2cc(-c3cccc(-c4ncco4)c3)ccn2)cc1S(C)(=O)=O. The Morgan fingerprint density at radius 1 is 0.969 bits per heavy atom. The lowest BCUT2D eigenvalue weighted by atomic mass is 10.0. The van der Waals surface area contributed by atoms with Gasteiger partial charge in [-0.1, -0.05) is 18.2 Å². The molecule has 0 bridgehead atoms. The molecule has 0 unspecified atom stereocenters. The Balaban J connectivity index is 1.51. The molecule has 0 atom stereocenters. The van der Waals surface area contributed by atoms with E-state index < -0.39 is 9.84 Å². The van der Waals surface area contributed by atoms with E-state index in [2.05, 4.69) is 15.3 Å². The van der Waals surface area contributed by atoms with Crippen LogP contribution in [0.1, 0.15) is 21.6 Å². The number of carbonyl (C=O) groups is 1. The van der Waals surface area contributed by atoms with Gasteiger partial charge in [0.2, 0.25) is 5.89 Å². The maximum absolute atomic E-state index is 12.6. The molecule has 1 N–H and O–H groups in total. The van der Waals surface area contributed by atoms with Crippen molar-refractivity contribution in [2.24, 2.45) is 0 Å². The van der Waals surface area contributed by atoms with E-state index in [0.717, 1.165) is 22.9 Å². The smallest absolute Gasteiger partial charge is 0.251 e. The third-order valence-electron chi connectivity index (χ3n) is 4.97. The molecule has 0 saturated carbocycles. The first-order chi connectivity index (χ1) is 15.3. The molecule has 0 aliphatic carbocycles. The van der Waals surface area contributed by atoms with Crippen LogP contribution < -0.4 is 5.32 Å². The normalized spacial score (nSPS) is 11.3. The molecule has 0 spiro atoms. The standard InChI is InChI=1S/C24H21N3O4S/c1-16-6-7-19(14-22(16)32(2,29)30)23(28)27-15-21-13-18(8-9-25-21)17-4-3-5-20(12-17)24-26-10-11-31-24/h3-14H,15H2,1-2H3,(H,27,28). The maximum Gasteiger partial charge on any atom is 0.251 e. The molecule has 0 saturated heterocycles. The molecule has 0 aliphatic heterocycles. The average molecular weight is 448 g/mol. The number of hydrogen-bond donors (Lipinski definition) is 1. The van der Waals surface area contributed by atoms with Crippen molar-refractivity contribution in [3.63, 3.8) is 0 Å². The number of benzene rings is 2. The molecule has 2 heterocycles. The highest BCUT2D eigenvalue weighted by Crippen LogP contribution is 2.25. The summed E-state index contributed by atoms with van der Waals surface area (Å²) in [4.78, 5) is 21.2. The van der Waals surface area contributed by atoms with E-state index >= 15 is 0 Å². The van der Waals surface area contributed by atoms with Gasteiger partial charge in [0.05, 0.1) is 23.3 Å². The van der Waals surface area contributed by atoms with Crippen molar-refractivity contribution in [1.82, 2.24) is 15.3 Å². The number of amides is 1. The van der Waals surface area contributed by atoms with Crippen LogP contribution in [-0.4, -0.2) is 30.5 Å². The number of hydrogen-bond acceptors (Lipinski definition) is 6. The number of sulfone groups is 1. The number of oxazole rings is 1. The zero-order valence-electron chi connectivity index (χ0n) is 17.6. The van der Waals surface area contributed by atoms with Crippen molar-refractivity contribution in [2.75, 3.05) is 6.26 Å². The van der Waals surface area contributed by atoms with Gasteiger partial charge in [-0.25, -0.2) is 13.4 Å². The third-order valence-corrected chi connectivity index (χ3v) is 6.21. The molecule has 162 valence electrons. The molecule has 0 aliphatic rings. The predicted octanol–water partition coefficient (Wildman–Crippen LogP) is 4.05. The van der Waals surface area contributed by atoms with Gasteiger partial charge in [-0.2, -0.15) is 0 Å². The van der Waals surface area contributed by atoms with E-state index in [0.29, 0.717) is 17.1 Å². The summed E-state index contributed by atoms with van der Waals surface area (Å²) < 4.78 is 29.2. The van der Waals surface area contributed by atoms with E-state index in [9.17, 15) is 13.2 Å². The van der Waals surface area contributed by atoms with Crippen molar-refractivity contribution in [3.05, 3.63) is 90.1 Å². The van der Waals surface area contributed by atoms with Gasteiger partial charge in [0, 0.05) is 23.6 Å². The van der Waals surface area contributed by atoms with Crippen molar-refractivity contribution < 1.29 is 17.6 Å². The first kappa shape index (κ1) is 21.5. The van der Waals surface area contributed by atoms with Gasteiger partial charge in [0.15, 0.2) is 9.84 Å². The fourth-order valence-electron chi connectivity index (χ4n) is 3.37. The third kappa shape index (κ3) is 4.76. The number of rotatable bonds is 6. The summed E-state index contributed by atoms with van der Waals surface area (Å²) >= 11 is 0. The summed E-state index contributed by atoms with van der Waals surface area (Å²) in [6, 6.07) is 16.2. The number of nitrogens with zero attached hydrogens (tertiary/aromatic N) is 2. The second-order valence-electron chi connectivity index (χ2n) is 7.39. The van der Waals surface area contributed by atoms with E-state index in [1.807, 2.05) is 36.4 Å². The van der Waals surface area contributed by atoms with Gasteiger partial charge >= 0.3 is 0 Å². The van der Waals surface area contributed by atoms with Gasteiger partial charge in [-0.15, -0.1) is 0 Å². The van der Waals surface area contributed by atoms with E-state index in [1.54, 1.807) is 31.5 Å². The predicted molar refractivity (Wildman–Crippen MR) is 121 cm³/mol. The molecule has 2 aromatic heterocycles. The largest absolute Gasteiger partial charge is 0.445 e. The molecule has 0 fully saturated rings. The molecule has 2 aromatic carbocycles. The molecular weight excluding hydrogens is 426 g/mol. The number of aromatic nitrogens is 2. The molecule has 32 heavy (non-hydrogen) atoms. The summed E-state index contributed by atoms with van der Waals surface area (Å²) in [6.07, 6.45) is 5.94. The Morgan fingerprint density at radius 3 is 2.50 bits per heavy atom. The lowest BCUT2D eigenvalue weighted by Crippen LogP contribution is -2.23. The fourth-order valence-corrected chi connectivity index (χ4v) is 4.36. The van der Waals surface area contributed by atoms with Gasteiger partial charge < -0.3 is 9.73 Å². The highest BCUT2D eigenvalue weighted by atomic mass is 32.2. The Kier molecular flexibility index (Phi) is 5.87. The Morgan fingerprint density at radius 2 is 1.75 bits per heavy atom. The van der Waals surface area contributed by atoms with Crippen molar-refractivity contribution in [2.45, 2.75) is 18.4 Å². The van der Waals surface area contributed by atoms with Gasteiger partial charge in [-0.3, -0.25) is 9.78 Å². The van der Waals surface area contributed by atoms with Crippen molar-refractivity contribution in [1.29, 1.82) is 0 Å². The number of pyridine rings is 1. The van der Waals surface area contributed by atoms with Crippen LogP contribution in [0.25, 0.3) is 22.6 Å². The van der Waals surface area contributed by atoms with Crippen LogP contribution in [0.2, 0.25) is 0 Å². The number of aryl methyl sites for hydroxylation is 1. The van der Waals surface area contributed by atoms with Crippen LogP contribution >= 0.6 is 0 Å². The van der Waals surface area contributed by atoms with E-state index in [4.69, 9.17) is 4.42 Å². The van der Waals surface area contributed by atoms with Gasteiger partial charge in [-0.05, 0) is 60.0 Å². The maximum atomic E-state index is 12.6. The van der Waals surface area contributed by atoms with Gasteiger partial charge in [0.1, 0.15) is 6.26 Å². The Labute approximate surface area is 186 Å². The Bertz CT molecular complexity index is 1380. The molecule has 4 rings (SSSR count). The number of nitrogens with one attached hydrogen (secondary N) is 1. The summed E-state index contributed by atoms with van der Waals surface area (Å²) in [6.45, 7) is 1.90. The molecular formula is C24H21N3O4S. The van der Waals surface area contributed by atoms with Crippen LogP contribution in [0.15, 0.2) is 82.6 Å². The molecule has 4 aromatic rings.